The Morgan fingerprint density at radius 3 is 2.53 bits per heavy atom. The van der Waals surface area contributed by atoms with E-state index >= 15 is 0 Å². The third-order valence-electron chi connectivity index (χ3n) is 3.35. The Hall–Kier alpha value is -0.870. The summed E-state index contributed by atoms with van der Waals surface area (Å²) in [6.07, 6.45) is 1.94. The van der Waals surface area contributed by atoms with Crippen molar-refractivity contribution in [1.29, 1.82) is 0 Å². The highest BCUT2D eigenvalue weighted by molar-refractivity contribution is 5.91. The minimum Gasteiger partial charge on any atom is -0.380 e. The summed E-state index contributed by atoms with van der Waals surface area (Å²) in [7, 11) is 0. The number of hydrogen-bond acceptors (Lipinski definition) is 3. The number of nitrogens with zero attached hydrogens (tertiary/aromatic N) is 1. The second-order valence-electron chi connectivity index (χ2n) is 4.85. The maximum atomic E-state index is 10.9. The molecule has 15 heavy (non-hydrogen) atoms. The number of carbonyl (C=O) groups is 1. The molecule has 2 fully saturated rings. The van der Waals surface area contributed by atoms with Crippen LogP contribution in [0.4, 0.5) is 0 Å². The number of likely N-dealkylation sites (tertiary alicyclic amines) is 1. The molecule has 1 atom stereocenters. The van der Waals surface area contributed by atoms with Crippen LogP contribution in [-0.4, -0.2) is 43.2 Å². The molecule has 1 unspecified atom stereocenters. The van der Waals surface area contributed by atoms with Crippen LogP contribution in [-0.2, 0) is 9.53 Å². The fourth-order valence-electron chi connectivity index (χ4n) is 2.23. The van der Waals surface area contributed by atoms with Gasteiger partial charge >= 0.3 is 0 Å². The average Bonchev–Trinajstić information content (AvgIpc) is 1.98. The van der Waals surface area contributed by atoms with Crippen LogP contribution in [0.2, 0.25) is 0 Å². The zero-order chi connectivity index (χ0) is 11.1. The van der Waals surface area contributed by atoms with Crippen LogP contribution >= 0.6 is 0 Å². The van der Waals surface area contributed by atoms with Gasteiger partial charge in [0.1, 0.15) is 0 Å². The number of ether oxygens (including phenoxy) is 1. The summed E-state index contributed by atoms with van der Waals surface area (Å²) < 4.78 is 5.21. The molecule has 0 aliphatic carbocycles. The van der Waals surface area contributed by atoms with Gasteiger partial charge in [0.25, 0.3) is 0 Å². The summed E-state index contributed by atoms with van der Waals surface area (Å²) in [4.78, 5) is 13.2. The van der Waals surface area contributed by atoms with Gasteiger partial charge in [-0.25, -0.2) is 0 Å². The summed E-state index contributed by atoms with van der Waals surface area (Å²) in [6.45, 7) is 7.82. The molecular weight excluding hydrogens is 192 g/mol. The van der Waals surface area contributed by atoms with Crippen LogP contribution in [0.25, 0.3) is 0 Å². The zero-order valence-electron chi connectivity index (χ0n) is 9.32. The first-order valence-electron chi connectivity index (χ1n) is 5.32. The average molecular weight is 210 g/mol. The quantitative estimate of drug-likeness (QED) is 0.674. The first-order valence-corrected chi connectivity index (χ1v) is 5.32. The van der Waals surface area contributed by atoms with Crippen molar-refractivity contribution in [3.05, 3.63) is 11.6 Å². The van der Waals surface area contributed by atoms with E-state index in [2.05, 4.69) is 11.8 Å². The Kier molecular flexibility index (Phi) is 2.56. The fourth-order valence-corrected chi connectivity index (χ4v) is 2.23. The monoisotopic (exact) mass is 210 g/mol. The molecule has 2 rings (SSSR count). The summed E-state index contributed by atoms with van der Waals surface area (Å²) in [5.74, 6) is -0.330. The number of amides is 1. The summed E-state index contributed by atoms with van der Waals surface area (Å²) in [5.41, 5.74) is 6.27. The van der Waals surface area contributed by atoms with Gasteiger partial charge in [0.05, 0.1) is 13.2 Å². The summed E-state index contributed by atoms with van der Waals surface area (Å²) in [5, 5.41) is 0. The molecule has 2 aliphatic heterocycles. The Morgan fingerprint density at radius 2 is 2.13 bits per heavy atom. The molecular formula is C11H18N2O2. The van der Waals surface area contributed by atoms with Crippen LogP contribution in [0.1, 0.15) is 13.8 Å². The maximum Gasteiger partial charge on any atom is 0.244 e. The predicted octanol–water partition coefficient (Wildman–Crippen LogP) is 0.139. The first-order chi connectivity index (χ1) is 7.02. The van der Waals surface area contributed by atoms with E-state index in [9.17, 15) is 4.79 Å². The van der Waals surface area contributed by atoms with Gasteiger partial charge in [-0.15, -0.1) is 0 Å². The van der Waals surface area contributed by atoms with Crippen LogP contribution in [0.3, 0.4) is 0 Å². The van der Waals surface area contributed by atoms with Crippen molar-refractivity contribution in [1.82, 2.24) is 4.90 Å². The van der Waals surface area contributed by atoms with Crippen molar-refractivity contribution >= 4 is 5.91 Å². The van der Waals surface area contributed by atoms with Gasteiger partial charge in [-0.3, -0.25) is 9.69 Å². The third-order valence-corrected chi connectivity index (χ3v) is 3.35. The molecule has 1 amide bonds. The van der Waals surface area contributed by atoms with Gasteiger partial charge in [0.2, 0.25) is 5.91 Å². The van der Waals surface area contributed by atoms with E-state index in [0.29, 0.717) is 17.0 Å². The maximum absolute atomic E-state index is 10.9. The molecule has 0 saturated carbocycles. The van der Waals surface area contributed by atoms with E-state index in [1.165, 1.54) is 0 Å². The van der Waals surface area contributed by atoms with E-state index in [4.69, 9.17) is 10.5 Å². The predicted molar refractivity (Wildman–Crippen MR) is 57.2 cm³/mol. The fraction of sp³-hybridized carbons (Fsp3) is 0.727. The molecule has 4 heteroatoms. The lowest BCUT2D eigenvalue weighted by Crippen LogP contribution is -2.67. The van der Waals surface area contributed by atoms with Crippen molar-refractivity contribution in [2.24, 2.45) is 11.1 Å². The molecule has 0 bridgehead atoms. The molecule has 2 heterocycles. The van der Waals surface area contributed by atoms with Crippen LogP contribution in [0.5, 0.6) is 0 Å². The van der Waals surface area contributed by atoms with Gasteiger partial charge in [-0.05, 0) is 13.8 Å². The third kappa shape index (κ3) is 1.92. The standard InChI is InChI=1S/C11H18N2O2/c1-8(10(12)14)3-9(2)13-4-11(5-13)6-15-7-11/h3,9H,4-7H2,1-2H3,(H2,12,14). The van der Waals surface area contributed by atoms with Crippen molar-refractivity contribution in [3.8, 4) is 0 Å². The van der Waals surface area contributed by atoms with Crippen LogP contribution in [0.15, 0.2) is 11.6 Å². The highest BCUT2D eigenvalue weighted by atomic mass is 16.5. The van der Waals surface area contributed by atoms with E-state index in [0.717, 1.165) is 26.3 Å². The van der Waals surface area contributed by atoms with Gasteiger partial charge in [-0.2, -0.15) is 0 Å². The molecule has 84 valence electrons. The van der Waals surface area contributed by atoms with E-state index in [1.807, 2.05) is 6.08 Å². The molecule has 2 aliphatic rings. The van der Waals surface area contributed by atoms with Crippen LogP contribution < -0.4 is 5.73 Å². The second-order valence-corrected chi connectivity index (χ2v) is 4.85. The Bertz CT molecular complexity index is 300. The highest BCUT2D eigenvalue weighted by Crippen LogP contribution is 2.38. The normalized spacial score (nSPS) is 26.9. The lowest BCUT2D eigenvalue weighted by molar-refractivity contribution is -0.193. The molecule has 0 radical (unpaired) electrons. The number of rotatable bonds is 3. The second kappa shape index (κ2) is 3.61. The number of hydrogen-bond donors (Lipinski definition) is 1. The van der Waals surface area contributed by atoms with Crippen molar-refractivity contribution in [2.75, 3.05) is 26.3 Å². The molecule has 2 N–H and O–H groups in total. The van der Waals surface area contributed by atoms with Crippen molar-refractivity contribution in [2.45, 2.75) is 19.9 Å². The van der Waals surface area contributed by atoms with Gasteiger partial charge in [-0.1, -0.05) is 6.08 Å². The minimum atomic E-state index is -0.330. The number of primary amides is 1. The van der Waals surface area contributed by atoms with Gasteiger partial charge in [0, 0.05) is 30.1 Å². The summed E-state index contributed by atoms with van der Waals surface area (Å²) in [6, 6.07) is 0.295. The lowest BCUT2D eigenvalue weighted by Gasteiger charge is -2.56. The molecule has 0 aromatic heterocycles. The Balaban J connectivity index is 1.85. The topological polar surface area (TPSA) is 55.6 Å². The smallest absolute Gasteiger partial charge is 0.244 e. The number of nitrogens with two attached hydrogens (primary N) is 1. The van der Waals surface area contributed by atoms with E-state index < -0.39 is 0 Å². The highest BCUT2D eigenvalue weighted by Gasteiger charge is 2.49. The summed E-state index contributed by atoms with van der Waals surface area (Å²) >= 11 is 0. The van der Waals surface area contributed by atoms with Crippen LogP contribution in [0, 0.1) is 5.41 Å². The van der Waals surface area contributed by atoms with Gasteiger partial charge in [0.15, 0.2) is 0 Å². The zero-order valence-corrected chi connectivity index (χ0v) is 9.32. The SMILES string of the molecule is CC(=CC(C)N1CC2(COC2)C1)C(N)=O. The molecule has 4 nitrogen and oxygen atoms in total. The molecule has 0 aromatic carbocycles. The minimum absolute atomic E-state index is 0.295. The van der Waals surface area contributed by atoms with E-state index in [-0.39, 0.29) is 5.91 Å². The van der Waals surface area contributed by atoms with E-state index in [1.54, 1.807) is 6.92 Å². The molecule has 1 spiro atoms. The largest absolute Gasteiger partial charge is 0.380 e. The lowest BCUT2D eigenvalue weighted by atomic mass is 9.77. The molecule has 0 aromatic rings. The van der Waals surface area contributed by atoms with Crippen molar-refractivity contribution in [3.63, 3.8) is 0 Å². The van der Waals surface area contributed by atoms with Gasteiger partial charge < -0.3 is 10.5 Å². The first kappa shape index (κ1) is 10.6. The number of carbonyl (C=O) groups excluding carboxylic acids is 1. The molecule has 2 saturated heterocycles. The van der Waals surface area contributed by atoms with Crippen molar-refractivity contribution < 1.29 is 9.53 Å². The Labute approximate surface area is 90.1 Å². The Morgan fingerprint density at radius 1 is 1.53 bits per heavy atom.